The van der Waals surface area contributed by atoms with E-state index >= 15 is 0 Å². The monoisotopic (exact) mass is 286 g/mol. The average molecular weight is 286 g/mol. The summed E-state index contributed by atoms with van der Waals surface area (Å²) in [5.41, 5.74) is -0.653. The topological polar surface area (TPSA) is 105 Å². The number of esters is 1. The molecule has 0 spiro atoms. The predicted molar refractivity (Wildman–Crippen MR) is 71.2 cm³/mol. The lowest BCUT2D eigenvalue weighted by molar-refractivity contribution is -0.143. The summed E-state index contributed by atoms with van der Waals surface area (Å²) in [6, 6.07) is -0.433. The van der Waals surface area contributed by atoms with Crippen LogP contribution < -0.4 is 10.6 Å². The molecule has 1 fully saturated rings. The number of carboxylic acid groups (broad SMARTS) is 1. The van der Waals surface area contributed by atoms with E-state index in [1.807, 2.05) is 0 Å². The molecule has 7 heteroatoms. The van der Waals surface area contributed by atoms with Gasteiger partial charge < -0.3 is 20.5 Å². The van der Waals surface area contributed by atoms with Gasteiger partial charge in [0.25, 0.3) is 0 Å². The van der Waals surface area contributed by atoms with Crippen LogP contribution in [0, 0.1) is 0 Å². The summed E-state index contributed by atoms with van der Waals surface area (Å²) in [7, 11) is 0. The number of aliphatic carboxylic acids is 1. The molecule has 2 amide bonds. The molecule has 0 saturated heterocycles. The number of amides is 2. The van der Waals surface area contributed by atoms with E-state index in [2.05, 4.69) is 10.6 Å². The molecule has 114 valence electrons. The minimum Gasteiger partial charge on any atom is -0.481 e. The standard InChI is InChI=1S/C13H22N2O5/c1-2-20-11(18)5-8-14-12(19)15-13(9-10(16)17)6-3-4-7-13/h2-9H2,1H3,(H,16,17)(H2,14,15,19). The molecule has 0 unspecified atom stereocenters. The van der Waals surface area contributed by atoms with Gasteiger partial charge in [-0.05, 0) is 19.8 Å². The highest BCUT2D eigenvalue weighted by Gasteiger charge is 2.37. The SMILES string of the molecule is CCOC(=O)CCNC(=O)NC1(CC(=O)O)CCCC1. The zero-order valence-corrected chi connectivity index (χ0v) is 11.7. The highest BCUT2D eigenvalue weighted by atomic mass is 16.5. The Labute approximate surface area is 118 Å². The predicted octanol–water partition coefficient (Wildman–Crippen LogP) is 1.03. The summed E-state index contributed by atoms with van der Waals surface area (Å²) < 4.78 is 4.74. The van der Waals surface area contributed by atoms with Gasteiger partial charge in [0.1, 0.15) is 0 Å². The number of hydrogen-bond acceptors (Lipinski definition) is 4. The molecule has 0 radical (unpaired) electrons. The van der Waals surface area contributed by atoms with Crippen LogP contribution >= 0.6 is 0 Å². The highest BCUT2D eigenvalue weighted by Crippen LogP contribution is 2.32. The summed E-state index contributed by atoms with van der Waals surface area (Å²) in [5, 5.41) is 14.2. The maximum Gasteiger partial charge on any atom is 0.315 e. The van der Waals surface area contributed by atoms with Crippen LogP contribution in [0.2, 0.25) is 0 Å². The number of carbonyl (C=O) groups is 3. The van der Waals surface area contributed by atoms with Crippen molar-refractivity contribution in [2.45, 2.75) is 51.0 Å². The van der Waals surface area contributed by atoms with Crippen LogP contribution in [0.1, 0.15) is 45.4 Å². The van der Waals surface area contributed by atoms with Crippen LogP contribution in [0.15, 0.2) is 0 Å². The third-order valence-corrected chi connectivity index (χ3v) is 3.35. The van der Waals surface area contributed by atoms with Gasteiger partial charge in [0.15, 0.2) is 0 Å². The van der Waals surface area contributed by atoms with E-state index in [4.69, 9.17) is 9.84 Å². The third-order valence-electron chi connectivity index (χ3n) is 3.35. The van der Waals surface area contributed by atoms with Gasteiger partial charge in [-0.25, -0.2) is 4.79 Å². The fourth-order valence-electron chi connectivity index (χ4n) is 2.48. The molecule has 0 aromatic heterocycles. The Kier molecular flexibility index (Phi) is 6.27. The molecule has 1 saturated carbocycles. The summed E-state index contributed by atoms with van der Waals surface area (Å²) in [6.07, 6.45) is 3.20. The van der Waals surface area contributed by atoms with E-state index in [1.165, 1.54) is 0 Å². The molecule has 0 bridgehead atoms. The van der Waals surface area contributed by atoms with E-state index in [-0.39, 0.29) is 25.4 Å². The van der Waals surface area contributed by atoms with Crippen LogP contribution in [0.5, 0.6) is 0 Å². The lowest BCUT2D eigenvalue weighted by Gasteiger charge is -2.28. The van der Waals surface area contributed by atoms with Crippen LogP contribution in [0.25, 0.3) is 0 Å². The molecule has 0 heterocycles. The molecular weight excluding hydrogens is 264 g/mol. The van der Waals surface area contributed by atoms with Gasteiger partial charge in [-0.1, -0.05) is 12.8 Å². The fourth-order valence-corrected chi connectivity index (χ4v) is 2.48. The van der Waals surface area contributed by atoms with Gasteiger partial charge in [0, 0.05) is 6.54 Å². The van der Waals surface area contributed by atoms with Gasteiger partial charge in [0.2, 0.25) is 0 Å². The lowest BCUT2D eigenvalue weighted by atomic mass is 9.93. The van der Waals surface area contributed by atoms with Crippen molar-refractivity contribution in [1.29, 1.82) is 0 Å². The number of carboxylic acids is 1. The van der Waals surface area contributed by atoms with Gasteiger partial charge in [-0.3, -0.25) is 9.59 Å². The van der Waals surface area contributed by atoms with Crippen LogP contribution in [0.4, 0.5) is 4.79 Å². The quantitative estimate of drug-likeness (QED) is 0.606. The van der Waals surface area contributed by atoms with Gasteiger partial charge >= 0.3 is 18.0 Å². The highest BCUT2D eigenvalue weighted by molar-refractivity contribution is 5.77. The molecule has 1 aliphatic rings. The first kappa shape index (κ1) is 16.3. The Balaban J connectivity index is 2.35. The van der Waals surface area contributed by atoms with Crippen molar-refractivity contribution in [3.63, 3.8) is 0 Å². The van der Waals surface area contributed by atoms with Crippen LogP contribution in [-0.4, -0.2) is 41.8 Å². The van der Waals surface area contributed by atoms with Gasteiger partial charge in [-0.2, -0.15) is 0 Å². The molecule has 1 rings (SSSR count). The third kappa shape index (κ3) is 5.46. The number of urea groups is 1. The summed E-state index contributed by atoms with van der Waals surface area (Å²) in [6.45, 7) is 2.20. The second kappa shape index (κ2) is 7.72. The Hall–Kier alpha value is -1.79. The number of nitrogens with one attached hydrogen (secondary N) is 2. The van der Waals surface area contributed by atoms with Gasteiger partial charge in [0.05, 0.1) is 25.0 Å². The lowest BCUT2D eigenvalue weighted by Crippen LogP contribution is -2.51. The van der Waals surface area contributed by atoms with Crippen molar-refractivity contribution in [2.24, 2.45) is 0 Å². The van der Waals surface area contributed by atoms with Crippen molar-refractivity contribution >= 4 is 18.0 Å². The number of hydrogen-bond donors (Lipinski definition) is 3. The number of carbonyl (C=O) groups excluding carboxylic acids is 2. The molecule has 3 N–H and O–H groups in total. The molecule has 0 aromatic carbocycles. The zero-order valence-electron chi connectivity index (χ0n) is 11.7. The van der Waals surface area contributed by atoms with Crippen molar-refractivity contribution in [3.05, 3.63) is 0 Å². The molecule has 0 aromatic rings. The van der Waals surface area contributed by atoms with E-state index in [9.17, 15) is 14.4 Å². The second-order valence-corrected chi connectivity index (χ2v) is 4.99. The first-order chi connectivity index (χ1) is 9.47. The Morgan fingerprint density at radius 1 is 1.25 bits per heavy atom. The van der Waals surface area contributed by atoms with E-state index < -0.39 is 17.5 Å². The molecule has 0 atom stereocenters. The molecule has 20 heavy (non-hydrogen) atoms. The van der Waals surface area contributed by atoms with Crippen molar-refractivity contribution in [3.8, 4) is 0 Å². The Morgan fingerprint density at radius 2 is 1.90 bits per heavy atom. The first-order valence-corrected chi connectivity index (χ1v) is 6.91. The van der Waals surface area contributed by atoms with Crippen LogP contribution in [-0.2, 0) is 14.3 Å². The normalized spacial score (nSPS) is 16.4. The maximum absolute atomic E-state index is 11.8. The van der Waals surface area contributed by atoms with Crippen molar-refractivity contribution in [1.82, 2.24) is 10.6 Å². The Bertz CT molecular complexity index is 364. The molecular formula is C13H22N2O5. The van der Waals surface area contributed by atoms with E-state index in [1.54, 1.807) is 6.92 Å². The fraction of sp³-hybridized carbons (Fsp3) is 0.769. The minimum atomic E-state index is -0.918. The molecule has 0 aliphatic heterocycles. The van der Waals surface area contributed by atoms with E-state index in [0.29, 0.717) is 19.4 Å². The summed E-state index contributed by atoms with van der Waals surface area (Å²) >= 11 is 0. The van der Waals surface area contributed by atoms with Gasteiger partial charge in [-0.15, -0.1) is 0 Å². The zero-order chi connectivity index (χ0) is 15.0. The second-order valence-electron chi connectivity index (χ2n) is 4.99. The molecule has 1 aliphatic carbocycles. The largest absolute Gasteiger partial charge is 0.481 e. The van der Waals surface area contributed by atoms with Crippen molar-refractivity contribution in [2.75, 3.05) is 13.2 Å². The summed E-state index contributed by atoms with van der Waals surface area (Å²) in [4.78, 5) is 33.7. The average Bonchev–Trinajstić information content (AvgIpc) is 2.76. The van der Waals surface area contributed by atoms with Crippen molar-refractivity contribution < 1.29 is 24.2 Å². The smallest absolute Gasteiger partial charge is 0.315 e. The molecule has 7 nitrogen and oxygen atoms in total. The minimum absolute atomic E-state index is 0.0711. The maximum atomic E-state index is 11.8. The first-order valence-electron chi connectivity index (χ1n) is 6.91. The van der Waals surface area contributed by atoms with Crippen LogP contribution in [0.3, 0.4) is 0 Å². The Morgan fingerprint density at radius 3 is 2.45 bits per heavy atom. The van der Waals surface area contributed by atoms with E-state index in [0.717, 1.165) is 12.8 Å². The number of rotatable bonds is 7. The summed E-state index contributed by atoms with van der Waals surface area (Å²) in [5.74, 6) is -1.28. The number of ether oxygens (including phenoxy) is 1.